The lowest BCUT2D eigenvalue weighted by atomic mass is 9.72. The quantitative estimate of drug-likeness (QED) is 0.0852. The summed E-state index contributed by atoms with van der Waals surface area (Å²) >= 11 is 0.149. The van der Waals surface area contributed by atoms with E-state index in [0.717, 1.165) is 0 Å². The molecule has 1 saturated carbocycles. The Bertz CT molecular complexity index is 3400. The van der Waals surface area contributed by atoms with Crippen LogP contribution in [0.1, 0.15) is 70.4 Å². The fraction of sp³-hybridized carbons (Fsp3) is 0.205. The van der Waals surface area contributed by atoms with Crippen molar-refractivity contribution >= 4 is 139 Å². The van der Waals surface area contributed by atoms with Gasteiger partial charge in [-0.1, -0.05) is 48.6 Å². The molecule has 204 valence electrons. The highest BCUT2D eigenvalue weighted by molar-refractivity contribution is 14.2. The minimum atomic E-state index is 0.149. The number of halogens is 1. The fourth-order valence-corrected chi connectivity index (χ4v) is 17.4. The Hall–Kier alpha value is -3.82. The number of hydrogen-bond donors (Lipinski definition) is 0. The highest BCUT2D eigenvalue weighted by Gasteiger charge is 2.56. The molecule has 0 bridgehead atoms. The number of alkyl halides is 1. The van der Waals surface area contributed by atoms with Gasteiger partial charge in [0.15, 0.2) is 0 Å². The third kappa shape index (κ3) is 1.51. The van der Waals surface area contributed by atoms with Gasteiger partial charge < -0.3 is 0 Å². The second-order valence-corrected chi connectivity index (χ2v) is 19.6. The molecule has 6 unspecified atom stereocenters. The van der Waals surface area contributed by atoms with Crippen molar-refractivity contribution in [2.24, 2.45) is 11.8 Å². The summed E-state index contributed by atoms with van der Waals surface area (Å²) in [6.07, 6.45) is 12.0. The van der Waals surface area contributed by atoms with E-state index >= 15 is 0 Å². The number of benzene rings is 5. The van der Waals surface area contributed by atoms with Gasteiger partial charge in [-0.05, 0) is 176 Å². The molecule has 0 amide bonds. The Morgan fingerprint density at radius 2 is 1.07 bits per heavy atom. The van der Waals surface area contributed by atoms with E-state index in [1.807, 2.05) is 9.08 Å². The Labute approximate surface area is 265 Å². The van der Waals surface area contributed by atoms with Crippen LogP contribution in [0.2, 0.25) is 0 Å². The molecular weight excluding hydrogens is 655 g/mol. The maximum atomic E-state index is 2.72. The van der Waals surface area contributed by atoms with Gasteiger partial charge >= 0.3 is 0 Å². The molecule has 7 aliphatic rings. The number of allylic oxidation sites excluding steroid dienone is 2. The van der Waals surface area contributed by atoms with Gasteiger partial charge in [0, 0.05) is 22.2 Å². The van der Waals surface area contributed by atoms with E-state index in [1.165, 1.54) is 27.0 Å². The first-order valence-corrected chi connectivity index (χ1v) is 19.8. The second-order valence-electron chi connectivity index (χ2n) is 16.1. The summed E-state index contributed by atoms with van der Waals surface area (Å²) < 4.78 is 3.26. The zero-order valence-corrected chi connectivity index (χ0v) is 26.5. The third-order valence-corrected chi connectivity index (χ3v) is 18.3. The SMILES string of the molecule is CC1=ICC2c3c4c5c6c3c3c(c7ccc8c9ccc%10c%11c%12c%13c%14c(c6c6c3c7c8c(c9c%10%13)c%146)=C3C5C(C=C4)C(C=C%11)C3%12)C2C1. The lowest BCUT2D eigenvalue weighted by Gasteiger charge is -2.35. The summed E-state index contributed by atoms with van der Waals surface area (Å²) in [7, 11) is 0. The summed E-state index contributed by atoms with van der Waals surface area (Å²) in [6, 6.07) is 10.2. The van der Waals surface area contributed by atoms with Crippen molar-refractivity contribution < 1.29 is 0 Å². The number of fused-ring (bicyclic) bond motifs is 8. The molecule has 1 heteroatoms. The van der Waals surface area contributed by atoms with Gasteiger partial charge in [-0.15, -0.1) is 20.7 Å². The lowest BCUT2D eigenvalue weighted by Crippen LogP contribution is -2.22. The Balaban J connectivity index is 1.36. The average Bonchev–Trinajstić information content (AvgIpc) is 3.87. The summed E-state index contributed by atoms with van der Waals surface area (Å²) in [6.45, 7) is 2.50. The van der Waals surface area contributed by atoms with Crippen molar-refractivity contribution in [3.63, 3.8) is 0 Å². The van der Waals surface area contributed by atoms with Crippen molar-refractivity contribution in [1.29, 1.82) is 0 Å². The monoisotopic (exact) mass is 676 g/mol. The van der Waals surface area contributed by atoms with Crippen LogP contribution in [0.4, 0.5) is 0 Å². The lowest BCUT2D eigenvalue weighted by molar-refractivity contribution is 0.490. The molecule has 10 aromatic carbocycles. The van der Waals surface area contributed by atoms with E-state index in [-0.39, 0.29) is 20.7 Å². The molecular formula is C44H21I. The zero-order chi connectivity index (χ0) is 27.8. The minimum absolute atomic E-state index is 0.149. The van der Waals surface area contributed by atoms with E-state index in [4.69, 9.17) is 0 Å². The Morgan fingerprint density at radius 1 is 0.511 bits per heavy atom. The molecule has 0 N–H and O–H groups in total. The molecule has 0 radical (unpaired) electrons. The Kier molecular flexibility index (Phi) is 2.47. The number of hydrogen-bond acceptors (Lipinski definition) is 0. The van der Waals surface area contributed by atoms with Crippen LogP contribution < -0.4 is 5.22 Å². The molecule has 1 fully saturated rings. The summed E-state index contributed by atoms with van der Waals surface area (Å²) in [5.41, 5.74) is 12.2. The van der Waals surface area contributed by atoms with Crippen LogP contribution in [0.5, 0.6) is 0 Å². The summed E-state index contributed by atoms with van der Waals surface area (Å²) in [5.74, 6) is 3.61. The molecule has 45 heavy (non-hydrogen) atoms. The first-order valence-electron chi connectivity index (χ1n) is 17.2. The highest BCUT2D eigenvalue weighted by atomic mass is 127. The Morgan fingerprint density at radius 3 is 1.87 bits per heavy atom. The highest BCUT2D eigenvalue weighted by Crippen LogP contribution is 2.73. The van der Waals surface area contributed by atoms with Crippen LogP contribution in [-0.2, 0) is 0 Å². The summed E-state index contributed by atoms with van der Waals surface area (Å²) in [4.78, 5) is 0. The average molecular weight is 677 g/mol. The van der Waals surface area contributed by atoms with Gasteiger partial charge in [0.05, 0.1) is 0 Å². The topological polar surface area (TPSA) is 0 Å². The van der Waals surface area contributed by atoms with E-state index < -0.39 is 0 Å². The van der Waals surface area contributed by atoms with Crippen LogP contribution in [0.25, 0.3) is 115 Å². The van der Waals surface area contributed by atoms with Crippen molar-refractivity contribution in [2.75, 3.05) is 4.43 Å². The fourth-order valence-electron chi connectivity index (χ4n) is 14.3. The van der Waals surface area contributed by atoms with E-state index in [2.05, 4.69) is 55.5 Å². The smallest absolute Gasteiger partial charge is 0.0145 e. The normalized spacial score (nSPS) is 29.8. The van der Waals surface area contributed by atoms with Crippen molar-refractivity contribution in [3.05, 3.63) is 75.0 Å². The molecule has 1 aliphatic heterocycles. The molecule has 6 atom stereocenters. The van der Waals surface area contributed by atoms with E-state index in [0.29, 0.717) is 35.5 Å². The standard InChI is InChI=1S/C44H21I/c1-12-10-21-22(11-45-12)24-20-9-7-18-16-5-3-14-13-2-4-15-17-6-8-19-23(21)33-34(24)39-32(20)30(18)37-28(16)26(14)35-25(13)27(15)36-29(17)31(19)38(33)43-41(36)40(35)42(37)44(39)43/h2-9,16,18,21-22,28,30H,10-11H2,1H3. The van der Waals surface area contributed by atoms with Gasteiger partial charge in [0.25, 0.3) is 0 Å². The van der Waals surface area contributed by atoms with Crippen LogP contribution in [-0.4, -0.2) is 7.94 Å². The predicted molar refractivity (Wildman–Crippen MR) is 200 cm³/mol. The largest absolute Gasteiger partial charge is 0.123 e. The number of rotatable bonds is 0. The van der Waals surface area contributed by atoms with Crippen molar-refractivity contribution in [2.45, 2.75) is 37.0 Å². The molecule has 10 aromatic rings. The van der Waals surface area contributed by atoms with Crippen LogP contribution in [0.3, 0.4) is 0 Å². The van der Waals surface area contributed by atoms with E-state index in [9.17, 15) is 0 Å². The maximum Gasteiger partial charge on any atom is 0.0145 e. The minimum Gasteiger partial charge on any atom is -0.123 e. The molecule has 1 heterocycles. The third-order valence-electron chi connectivity index (χ3n) is 15.2. The second kappa shape index (κ2) is 5.47. The van der Waals surface area contributed by atoms with Gasteiger partial charge in [0.2, 0.25) is 0 Å². The molecule has 6 aliphatic carbocycles. The molecule has 0 spiro atoms. The van der Waals surface area contributed by atoms with Gasteiger partial charge in [-0.3, -0.25) is 0 Å². The predicted octanol–water partition coefficient (Wildman–Crippen LogP) is 10.8. The molecule has 0 saturated heterocycles. The maximum absolute atomic E-state index is 2.72. The van der Waals surface area contributed by atoms with Crippen molar-refractivity contribution in [1.82, 2.24) is 0 Å². The van der Waals surface area contributed by atoms with Crippen LogP contribution >= 0.6 is 20.7 Å². The molecule has 0 aromatic heterocycles. The molecule has 17 rings (SSSR count). The van der Waals surface area contributed by atoms with Crippen LogP contribution in [0, 0.1) is 11.8 Å². The zero-order valence-electron chi connectivity index (χ0n) is 24.4. The van der Waals surface area contributed by atoms with E-state index in [1.54, 1.807) is 119 Å². The molecule has 0 nitrogen and oxygen atoms in total. The van der Waals surface area contributed by atoms with Gasteiger partial charge in [-0.25, -0.2) is 0 Å². The van der Waals surface area contributed by atoms with Crippen LogP contribution in [0.15, 0.2) is 36.4 Å². The van der Waals surface area contributed by atoms with Gasteiger partial charge in [-0.2, -0.15) is 0 Å². The first kappa shape index (κ1) is 20.3. The van der Waals surface area contributed by atoms with Crippen molar-refractivity contribution in [3.8, 4) is 0 Å². The first-order chi connectivity index (χ1) is 22.3. The van der Waals surface area contributed by atoms with Gasteiger partial charge in [0.1, 0.15) is 0 Å². The summed E-state index contributed by atoms with van der Waals surface area (Å²) in [5, 5.41) is 31.2.